The molecule has 1 aromatic carbocycles. The molecule has 0 spiro atoms. The van der Waals surface area contributed by atoms with Crippen LogP contribution in [0.5, 0.6) is 0 Å². The van der Waals surface area contributed by atoms with Crippen molar-refractivity contribution in [2.45, 2.75) is 56.8 Å². The number of amides is 1. The Labute approximate surface area is 191 Å². The van der Waals surface area contributed by atoms with E-state index in [1.165, 1.54) is 11.1 Å². The fourth-order valence-electron chi connectivity index (χ4n) is 4.61. The summed E-state index contributed by atoms with van der Waals surface area (Å²) in [4.78, 5) is 17.9. The molecule has 1 fully saturated rings. The van der Waals surface area contributed by atoms with Crippen LogP contribution >= 0.6 is 24.8 Å². The molecule has 1 aromatic heterocycles. The van der Waals surface area contributed by atoms with Gasteiger partial charge in [-0.1, -0.05) is 29.8 Å². The van der Waals surface area contributed by atoms with Crippen LogP contribution < -0.4 is 5.73 Å². The van der Waals surface area contributed by atoms with E-state index in [-0.39, 0.29) is 48.6 Å². The van der Waals surface area contributed by atoms with Gasteiger partial charge in [-0.25, -0.2) is 4.68 Å². The maximum Gasteiger partial charge on any atom is 0.453 e. The Bertz CT molecular complexity index is 926. The van der Waals surface area contributed by atoms with E-state index in [2.05, 4.69) is 35.2 Å². The Hall–Kier alpha value is -1.84. The minimum atomic E-state index is -4.66. The SMILES string of the molecule is Cc1cccc([C@]2(CN)CC[C@@H](N3CCn4nc(C(F)(F)F)nc4C3=O)CC2)c1.Cl.Cl. The first-order valence-corrected chi connectivity index (χ1v) is 9.84. The topological polar surface area (TPSA) is 77.0 Å². The Kier molecular flexibility index (Phi) is 7.66. The number of rotatable bonds is 3. The van der Waals surface area contributed by atoms with Crippen LogP contribution in [0.15, 0.2) is 24.3 Å². The van der Waals surface area contributed by atoms with Crippen LogP contribution in [0.2, 0.25) is 0 Å². The number of aromatic nitrogens is 3. The molecule has 11 heteroatoms. The number of halogens is 5. The van der Waals surface area contributed by atoms with Gasteiger partial charge in [-0.2, -0.15) is 18.2 Å². The van der Waals surface area contributed by atoms with Gasteiger partial charge in [0.25, 0.3) is 11.7 Å². The summed E-state index contributed by atoms with van der Waals surface area (Å²) in [6.07, 6.45) is -1.47. The van der Waals surface area contributed by atoms with Gasteiger partial charge >= 0.3 is 6.18 Å². The molecule has 0 unspecified atom stereocenters. The summed E-state index contributed by atoms with van der Waals surface area (Å²) >= 11 is 0. The van der Waals surface area contributed by atoms with Gasteiger partial charge in [0, 0.05) is 24.5 Å². The van der Waals surface area contributed by atoms with Crippen molar-refractivity contribution in [2.75, 3.05) is 13.1 Å². The molecule has 2 aromatic rings. The van der Waals surface area contributed by atoms with Gasteiger partial charge < -0.3 is 10.6 Å². The fraction of sp³-hybridized carbons (Fsp3) is 0.550. The lowest BCUT2D eigenvalue weighted by atomic mass is 9.67. The van der Waals surface area contributed by atoms with Gasteiger partial charge in [0.15, 0.2) is 0 Å². The summed E-state index contributed by atoms with van der Waals surface area (Å²) in [5.41, 5.74) is 8.45. The van der Waals surface area contributed by atoms with Crippen LogP contribution in [0.1, 0.15) is 53.3 Å². The third-order valence-electron chi connectivity index (χ3n) is 6.30. The second kappa shape index (κ2) is 9.34. The molecule has 172 valence electrons. The molecule has 6 nitrogen and oxygen atoms in total. The van der Waals surface area contributed by atoms with Gasteiger partial charge in [-0.05, 0) is 38.2 Å². The largest absolute Gasteiger partial charge is 0.453 e. The molecule has 0 atom stereocenters. The van der Waals surface area contributed by atoms with Crippen LogP contribution in [0, 0.1) is 6.92 Å². The maximum atomic E-state index is 12.9. The van der Waals surface area contributed by atoms with Crippen molar-refractivity contribution < 1.29 is 18.0 Å². The minimum absolute atomic E-state index is 0. The number of carbonyl (C=O) groups is 1. The van der Waals surface area contributed by atoms with Gasteiger partial charge in [0.1, 0.15) is 0 Å². The normalized spacial score (nSPS) is 23.6. The lowest BCUT2D eigenvalue weighted by Gasteiger charge is -2.44. The van der Waals surface area contributed by atoms with E-state index < -0.39 is 17.9 Å². The Morgan fingerprint density at radius 1 is 1.19 bits per heavy atom. The summed E-state index contributed by atoms with van der Waals surface area (Å²) in [5, 5.41) is 3.45. The van der Waals surface area contributed by atoms with Crippen LogP contribution in [0.25, 0.3) is 0 Å². The predicted octanol–water partition coefficient (Wildman–Crippen LogP) is 3.74. The smallest absolute Gasteiger partial charge is 0.331 e. The number of aryl methyl sites for hydroxylation is 1. The molecular weight excluding hydrogens is 454 g/mol. The number of nitrogens with zero attached hydrogens (tertiary/aromatic N) is 4. The molecule has 1 aliphatic carbocycles. The van der Waals surface area contributed by atoms with Gasteiger partial charge in [0.05, 0.1) is 6.54 Å². The first-order chi connectivity index (χ1) is 13.7. The zero-order valence-electron chi connectivity index (χ0n) is 17.1. The van der Waals surface area contributed by atoms with Crippen molar-refractivity contribution in [3.63, 3.8) is 0 Å². The molecule has 1 aliphatic heterocycles. The standard InChI is InChI=1S/C20H24F3N5O.2ClH/c1-13-3-2-4-14(11-13)19(12-24)7-5-15(6-8-19)27-9-10-28-16(17(27)29)25-18(26-28)20(21,22)23;;/h2-4,11,15H,5-10,12,24H2,1H3;2*1H/t15-,19-;;. The highest BCUT2D eigenvalue weighted by molar-refractivity contribution is 5.91. The minimum Gasteiger partial charge on any atom is -0.331 e. The zero-order valence-corrected chi connectivity index (χ0v) is 18.7. The maximum absolute atomic E-state index is 12.9. The van der Waals surface area contributed by atoms with Gasteiger partial charge in [-0.3, -0.25) is 4.79 Å². The van der Waals surface area contributed by atoms with Crippen molar-refractivity contribution in [3.8, 4) is 0 Å². The highest BCUT2D eigenvalue weighted by Crippen LogP contribution is 2.41. The van der Waals surface area contributed by atoms with E-state index in [0.29, 0.717) is 13.1 Å². The third-order valence-corrected chi connectivity index (χ3v) is 6.30. The highest BCUT2D eigenvalue weighted by Gasteiger charge is 2.43. The quantitative estimate of drug-likeness (QED) is 0.727. The van der Waals surface area contributed by atoms with Crippen LogP contribution in [-0.2, 0) is 18.1 Å². The average Bonchev–Trinajstić information content (AvgIpc) is 3.14. The van der Waals surface area contributed by atoms with Crippen molar-refractivity contribution in [3.05, 3.63) is 47.0 Å². The summed E-state index contributed by atoms with van der Waals surface area (Å²) in [7, 11) is 0. The molecule has 2 N–H and O–H groups in total. The van der Waals surface area contributed by atoms with E-state index in [0.717, 1.165) is 30.4 Å². The fourth-order valence-corrected chi connectivity index (χ4v) is 4.61. The lowest BCUT2D eigenvalue weighted by molar-refractivity contribution is -0.145. The van der Waals surface area contributed by atoms with E-state index in [1.54, 1.807) is 4.90 Å². The molecular formula is C20H26Cl2F3N5O. The Morgan fingerprint density at radius 3 is 2.45 bits per heavy atom. The summed E-state index contributed by atoms with van der Waals surface area (Å²) in [6, 6.07) is 8.34. The molecule has 0 saturated heterocycles. The Morgan fingerprint density at radius 2 is 1.87 bits per heavy atom. The van der Waals surface area contributed by atoms with Gasteiger partial charge in [0.2, 0.25) is 5.82 Å². The number of fused-ring (bicyclic) bond motifs is 1. The third kappa shape index (κ3) is 4.68. The first kappa shape index (κ1) is 25.4. The van der Waals surface area contributed by atoms with Gasteiger partial charge in [-0.15, -0.1) is 29.9 Å². The molecule has 4 rings (SSSR count). The molecule has 31 heavy (non-hydrogen) atoms. The predicted molar refractivity (Wildman–Crippen MR) is 115 cm³/mol. The lowest BCUT2D eigenvalue weighted by Crippen LogP contribution is -2.51. The van der Waals surface area contributed by atoms with Crippen molar-refractivity contribution in [1.82, 2.24) is 19.7 Å². The number of hydrogen-bond acceptors (Lipinski definition) is 4. The number of hydrogen-bond donors (Lipinski definition) is 1. The monoisotopic (exact) mass is 479 g/mol. The number of alkyl halides is 3. The second-order valence-corrected chi connectivity index (χ2v) is 8.06. The average molecular weight is 480 g/mol. The van der Waals surface area contributed by atoms with Crippen molar-refractivity contribution >= 4 is 30.7 Å². The summed E-state index contributed by atoms with van der Waals surface area (Å²) < 4.78 is 39.7. The van der Waals surface area contributed by atoms with Crippen LogP contribution in [-0.4, -0.2) is 44.7 Å². The second-order valence-electron chi connectivity index (χ2n) is 8.06. The summed E-state index contributed by atoms with van der Waals surface area (Å²) in [6.45, 7) is 3.15. The number of nitrogens with two attached hydrogens (primary N) is 1. The van der Waals surface area contributed by atoms with Crippen molar-refractivity contribution in [2.24, 2.45) is 5.73 Å². The molecule has 1 saturated carbocycles. The van der Waals surface area contributed by atoms with Crippen LogP contribution in [0.3, 0.4) is 0 Å². The number of benzene rings is 1. The number of carbonyl (C=O) groups excluding carboxylic acids is 1. The molecule has 2 aliphatic rings. The first-order valence-electron chi connectivity index (χ1n) is 9.84. The van der Waals surface area contributed by atoms with E-state index in [4.69, 9.17) is 5.73 Å². The molecule has 0 radical (unpaired) electrons. The molecule has 2 heterocycles. The highest BCUT2D eigenvalue weighted by atomic mass is 35.5. The van der Waals surface area contributed by atoms with Crippen molar-refractivity contribution in [1.29, 1.82) is 0 Å². The Balaban J connectivity index is 0.00000171. The summed E-state index contributed by atoms with van der Waals surface area (Å²) in [5.74, 6) is -1.95. The van der Waals surface area contributed by atoms with Crippen LogP contribution in [0.4, 0.5) is 13.2 Å². The van der Waals surface area contributed by atoms with E-state index >= 15 is 0 Å². The zero-order chi connectivity index (χ0) is 20.8. The molecule has 1 amide bonds. The van der Waals surface area contributed by atoms with E-state index in [1.807, 2.05) is 6.07 Å². The van der Waals surface area contributed by atoms with E-state index in [9.17, 15) is 18.0 Å². The molecule has 0 bridgehead atoms.